The summed E-state index contributed by atoms with van der Waals surface area (Å²) >= 11 is 3.14. The van der Waals surface area contributed by atoms with Crippen LogP contribution in [0.25, 0.3) is 0 Å². The lowest BCUT2D eigenvalue weighted by Crippen LogP contribution is -2.36. The second kappa shape index (κ2) is 7.04. The Hall–Kier alpha value is -1.14. The van der Waals surface area contributed by atoms with Gasteiger partial charge in [0.25, 0.3) is 0 Å². The SMILES string of the molecule is CC(C)(C)OC(=O)NCC(CN)c1ccc(F)c(Br)c1. The third-order valence-corrected chi connectivity index (χ3v) is 3.20. The Labute approximate surface area is 127 Å². The molecule has 1 aromatic rings. The van der Waals surface area contributed by atoms with E-state index in [-0.39, 0.29) is 11.7 Å². The number of hydrogen-bond donors (Lipinski definition) is 2. The van der Waals surface area contributed by atoms with Crippen molar-refractivity contribution in [2.45, 2.75) is 32.3 Å². The van der Waals surface area contributed by atoms with Crippen LogP contribution in [0.4, 0.5) is 9.18 Å². The van der Waals surface area contributed by atoms with Crippen molar-refractivity contribution >= 4 is 22.0 Å². The smallest absolute Gasteiger partial charge is 0.407 e. The van der Waals surface area contributed by atoms with Gasteiger partial charge in [0, 0.05) is 19.0 Å². The fourth-order valence-electron chi connectivity index (χ4n) is 1.62. The summed E-state index contributed by atoms with van der Waals surface area (Å²) in [4.78, 5) is 11.6. The topological polar surface area (TPSA) is 64.3 Å². The van der Waals surface area contributed by atoms with E-state index in [9.17, 15) is 9.18 Å². The molecule has 112 valence electrons. The Balaban J connectivity index is 2.63. The molecule has 0 bridgehead atoms. The van der Waals surface area contributed by atoms with E-state index in [2.05, 4.69) is 21.2 Å². The first-order valence-electron chi connectivity index (χ1n) is 6.35. The number of carbonyl (C=O) groups is 1. The predicted molar refractivity (Wildman–Crippen MR) is 80.1 cm³/mol. The molecule has 6 heteroatoms. The minimum atomic E-state index is -0.540. The van der Waals surface area contributed by atoms with E-state index in [1.807, 2.05) is 0 Å². The summed E-state index contributed by atoms with van der Waals surface area (Å²) in [7, 11) is 0. The lowest BCUT2D eigenvalue weighted by molar-refractivity contribution is 0.0525. The van der Waals surface area contributed by atoms with Gasteiger partial charge in [-0.2, -0.15) is 0 Å². The number of amides is 1. The number of benzene rings is 1. The van der Waals surface area contributed by atoms with Crippen LogP contribution in [0.3, 0.4) is 0 Å². The van der Waals surface area contributed by atoms with Crippen molar-refractivity contribution < 1.29 is 13.9 Å². The van der Waals surface area contributed by atoms with E-state index >= 15 is 0 Å². The standard InChI is InChI=1S/C14H20BrFN2O2/c1-14(2,3)20-13(19)18-8-10(7-17)9-4-5-12(16)11(15)6-9/h4-6,10H,7-8,17H2,1-3H3,(H,18,19). The maximum absolute atomic E-state index is 13.2. The maximum Gasteiger partial charge on any atom is 0.407 e. The van der Waals surface area contributed by atoms with Crippen LogP contribution >= 0.6 is 15.9 Å². The van der Waals surface area contributed by atoms with Gasteiger partial charge in [-0.3, -0.25) is 0 Å². The van der Waals surface area contributed by atoms with Crippen LogP contribution in [0.5, 0.6) is 0 Å². The van der Waals surface area contributed by atoms with Gasteiger partial charge in [-0.05, 0) is 54.4 Å². The third kappa shape index (κ3) is 5.46. The van der Waals surface area contributed by atoms with Gasteiger partial charge < -0.3 is 15.8 Å². The van der Waals surface area contributed by atoms with Gasteiger partial charge in [-0.15, -0.1) is 0 Å². The second-order valence-corrected chi connectivity index (χ2v) is 6.34. The molecule has 1 atom stereocenters. The number of ether oxygens (including phenoxy) is 1. The van der Waals surface area contributed by atoms with Gasteiger partial charge in [0.2, 0.25) is 0 Å². The molecule has 0 spiro atoms. The van der Waals surface area contributed by atoms with Crippen LogP contribution in [0, 0.1) is 5.82 Å². The molecular formula is C14H20BrFN2O2. The van der Waals surface area contributed by atoms with Crippen LogP contribution in [0.2, 0.25) is 0 Å². The van der Waals surface area contributed by atoms with Gasteiger partial charge in [0.05, 0.1) is 4.47 Å². The quantitative estimate of drug-likeness (QED) is 0.879. The molecule has 0 aliphatic heterocycles. The number of halogens is 2. The number of nitrogens with one attached hydrogen (secondary N) is 1. The molecule has 0 fully saturated rings. The molecule has 0 saturated carbocycles. The van der Waals surface area contributed by atoms with Gasteiger partial charge >= 0.3 is 6.09 Å². The number of hydrogen-bond acceptors (Lipinski definition) is 3. The number of carbonyl (C=O) groups excluding carboxylic acids is 1. The first-order chi connectivity index (χ1) is 9.23. The van der Waals surface area contributed by atoms with Crippen LogP contribution in [-0.4, -0.2) is 24.8 Å². The lowest BCUT2D eigenvalue weighted by Gasteiger charge is -2.21. The molecule has 4 nitrogen and oxygen atoms in total. The van der Waals surface area contributed by atoms with E-state index in [1.54, 1.807) is 32.9 Å². The van der Waals surface area contributed by atoms with Crippen molar-refractivity contribution in [2.75, 3.05) is 13.1 Å². The molecular weight excluding hydrogens is 327 g/mol. The Morgan fingerprint density at radius 2 is 2.15 bits per heavy atom. The fourth-order valence-corrected chi connectivity index (χ4v) is 2.02. The summed E-state index contributed by atoms with van der Waals surface area (Å²) in [5, 5.41) is 2.67. The average Bonchev–Trinajstić information content (AvgIpc) is 2.32. The molecule has 20 heavy (non-hydrogen) atoms. The van der Waals surface area contributed by atoms with Gasteiger partial charge in [0.1, 0.15) is 11.4 Å². The van der Waals surface area contributed by atoms with Crippen LogP contribution in [0.1, 0.15) is 32.3 Å². The minimum Gasteiger partial charge on any atom is -0.444 e. The molecule has 1 amide bonds. The largest absolute Gasteiger partial charge is 0.444 e. The fraction of sp³-hybridized carbons (Fsp3) is 0.500. The highest BCUT2D eigenvalue weighted by atomic mass is 79.9. The molecule has 3 N–H and O–H groups in total. The summed E-state index contributed by atoms with van der Waals surface area (Å²) in [6.45, 7) is 6.07. The summed E-state index contributed by atoms with van der Waals surface area (Å²) in [5.74, 6) is -0.427. The Morgan fingerprint density at radius 3 is 2.65 bits per heavy atom. The first-order valence-corrected chi connectivity index (χ1v) is 7.14. The van der Waals surface area contributed by atoms with E-state index in [1.165, 1.54) is 6.07 Å². The molecule has 1 aromatic carbocycles. The van der Waals surface area contributed by atoms with Crippen molar-refractivity contribution in [2.24, 2.45) is 5.73 Å². The van der Waals surface area contributed by atoms with Crippen molar-refractivity contribution in [1.82, 2.24) is 5.32 Å². The zero-order valence-electron chi connectivity index (χ0n) is 11.9. The predicted octanol–water partition coefficient (Wildman–Crippen LogP) is 3.16. The highest BCUT2D eigenvalue weighted by Crippen LogP contribution is 2.22. The number of alkyl carbamates (subject to hydrolysis) is 1. The van der Waals surface area contributed by atoms with Crippen molar-refractivity contribution in [3.8, 4) is 0 Å². The van der Waals surface area contributed by atoms with Crippen LogP contribution in [0.15, 0.2) is 22.7 Å². The lowest BCUT2D eigenvalue weighted by atomic mass is 9.99. The van der Waals surface area contributed by atoms with Crippen molar-refractivity contribution in [3.63, 3.8) is 0 Å². The number of rotatable bonds is 4. The zero-order chi connectivity index (χ0) is 15.3. The Morgan fingerprint density at radius 1 is 1.50 bits per heavy atom. The molecule has 1 unspecified atom stereocenters. The molecule has 0 saturated heterocycles. The molecule has 0 aromatic heterocycles. The third-order valence-electron chi connectivity index (χ3n) is 2.59. The first kappa shape index (κ1) is 16.9. The van der Waals surface area contributed by atoms with Gasteiger partial charge in [-0.1, -0.05) is 6.07 Å². The normalized spacial score (nSPS) is 12.9. The summed E-state index contributed by atoms with van der Waals surface area (Å²) in [6, 6.07) is 4.70. The van der Waals surface area contributed by atoms with Gasteiger partial charge in [0.15, 0.2) is 0 Å². The van der Waals surface area contributed by atoms with E-state index in [4.69, 9.17) is 10.5 Å². The van der Waals surface area contributed by atoms with Crippen molar-refractivity contribution in [1.29, 1.82) is 0 Å². The van der Waals surface area contributed by atoms with Crippen molar-refractivity contribution in [3.05, 3.63) is 34.1 Å². The zero-order valence-corrected chi connectivity index (χ0v) is 13.5. The number of nitrogens with two attached hydrogens (primary N) is 1. The molecule has 0 heterocycles. The van der Waals surface area contributed by atoms with E-state index in [0.717, 1.165) is 5.56 Å². The van der Waals surface area contributed by atoms with E-state index in [0.29, 0.717) is 17.6 Å². The Bertz CT molecular complexity index is 475. The molecule has 1 rings (SSSR count). The van der Waals surface area contributed by atoms with Gasteiger partial charge in [-0.25, -0.2) is 9.18 Å². The van der Waals surface area contributed by atoms with Crippen LogP contribution in [-0.2, 0) is 4.74 Å². The summed E-state index contributed by atoms with van der Waals surface area (Å²) in [6.07, 6.45) is -0.489. The highest BCUT2D eigenvalue weighted by molar-refractivity contribution is 9.10. The minimum absolute atomic E-state index is 0.0978. The average molecular weight is 347 g/mol. The monoisotopic (exact) mass is 346 g/mol. The second-order valence-electron chi connectivity index (χ2n) is 5.49. The maximum atomic E-state index is 13.2. The molecule has 0 radical (unpaired) electrons. The highest BCUT2D eigenvalue weighted by Gasteiger charge is 2.18. The van der Waals surface area contributed by atoms with Crippen LogP contribution < -0.4 is 11.1 Å². The molecule has 0 aliphatic carbocycles. The summed E-state index contributed by atoms with van der Waals surface area (Å²) in [5.41, 5.74) is 6.02. The van der Waals surface area contributed by atoms with E-state index < -0.39 is 11.7 Å². The summed E-state index contributed by atoms with van der Waals surface area (Å²) < 4.78 is 18.7. The Kier molecular flexibility index (Phi) is 5.95. The molecule has 0 aliphatic rings.